The predicted octanol–water partition coefficient (Wildman–Crippen LogP) is -2.53. The number of hydrogen-bond donors (Lipinski definition) is 0. The van der Waals surface area contributed by atoms with E-state index >= 15 is 0 Å². The number of carbonyl (C=O) groups is 1. The molecule has 1 nitrogen and oxygen atoms in total. The summed E-state index contributed by atoms with van der Waals surface area (Å²) in [7, 11) is 0. The normalized spacial score (nSPS) is 17.2. The van der Waals surface area contributed by atoms with Gasteiger partial charge in [-0.25, -0.2) is 0 Å². The molecule has 0 aromatic carbocycles. The Hall–Kier alpha value is 1.31. The van der Waals surface area contributed by atoms with Crippen molar-refractivity contribution in [1.29, 1.82) is 0 Å². The first-order chi connectivity index (χ1) is 1.89. The van der Waals surface area contributed by atoms with Gasteiger partial charge in [0, 0.05) is 12.8 Å². The molecule has 1 aliphatic rings. The molecule has 0 heterocycles. The second kappa shape index (κ2) is 2.47. The summed E-state index contributed by atoms with van der Waals surface area (Å²) in [6.07, 6.45) is 1.69. The molecular formula is C3H5KO. The van der Waals surface area contributed by atoms with Gasteiger partial charge in [0.15, 0.2) is 0 Å². The minimum absolute atomic E-state index is 0. The maximum Gasteiger partial charge on any atom is 1.00 e. The average molecular weight is 96.2 g/mol. The van der Waals surface area contributed by atoms with Gasteiger partial charge in [0.05, 0.1) is 0 Å². The minimum atomic E-state index is 0. The van der Waals surface area contributed by atoms with Gasteiger partial charge in [-0.2, -0.15) is 0 Å². The number of carbonyl (C=O) groups excluding carboxylic acids is 1. The molecule has 24 valence electrons. The van der Waals surface area contributed by atoms with Crippen LogP contribution in [0.25, 0.3) is 0 Å². The second-order valence-electron chi connectivity index (χ2n) is 1.04. The van der Waals surface area contributed by atoms with Crippen molar-refractivity contribution in [3.8, 4) is 0 Å². The minimum Gasteiger partial charge on any atom is -1.00 e. The smallest absolute Gasteiger partial charge is 1.00 e. The monoisotopic (exact) mass is 96.0 g/mol. The quantitative estimate of drug-likeness (QED) is 0.304. The number of Topliss-reactive ketones (excluding diaryl/α,β-unsaturated/α-hetero) is 1. The van der Waals surface area contributed by atoms with Crippen LogP contribution in [0.1, 0.15) is 14.3 Å². The van der Waals surface area contributed by atoms with Crippen LogP contribution in [0.2, 0.25) is 0 Å². The van der Waals surface area contributed by atoms with E-state index in [4.69, 9.17) is 0 Å². The molecule has 1 aliphatic carbocycles. The van der Waals surface area contributed by atoms with Crippen LogP contribution in [0, 0.1) is 0 Å². The Balaban J connectivity index is 0. The van der Waals surface area contributed by atoms with Crippen molar-refractivity contribution < 1.29 is 57.6 Å². The van der Waals surface area contributed by atoms with Gasteiger partial charge in [-0.3, -0.25) is 4.79 Å². The fourth-order valence-electron chi connectivity index (χ4n) is 0.0510. The number of hydrogen-bond acceptors (Lipinski definition) is 1. The van der Waals surface area contributed by atoms with Crippen LogP contribution in [-0.2, 0) is 4.79 Å². The van der Waals surface area contributed by atoms with Gasteiger partial charge in [-0.05, 0) is 0 Å². The van der Waals surface area contributed by atoms with Gasteiger partial charge in [0.1, 0.15) is 5.78 Å². The standard InChI is InChI=1S/C3H4O.K.H/c4-3-1-2-3;;/h1-2H2;;/q;+1;-1. The molecule has 0 aromatic rings. The third-order valence-electron chi connectivity index (χ3n) is 0.454. The van der Waals surface area contributed by atoms with Gasteiger partial charge in [0.25, 0.3) is 0 Å². The molecule has 0 saturated heterocycles. The van der Waals surface area contributed by atoms with E-state index in [1.807, 2.05) is 0 Å². The molecule has 5 heavy (non-hydrogen) atoms. The molecule has 0 atom stereocenters. The summed E-state index contributed by atoms with van der Waals surface area (Å²) < 4.78 is 0. The van der Waals surface area contributed by atoms with Crippen LogP contribution >= 0.6 is 0 Å². The zero-order valence-corrected chi connectivity index (χ0v) is 6.45. The Bertz CT molecular complexity index is 48.8. The zero-order chi connectivity index (χ0) is 2.99. The number of rotatable bonds is 0. The Morgan fingerprint density at radius 3 is 1.80 bits per heavy atom. The second-order valence-corrected chi connectivity index (χ2v) is 1.04. The zero-order valence-electron chi connectivity index (χ0n) is 4.32. The van der Waals surface area contributed by atoms with Crippen molar-refractivity contribution in [2.24, 2.45) is 0 Å². The third-order valence-corrected chi connectivity index (χ3v) is 0.454. The average Bonchev–Trinajstić information content (AvgIpc) is 1.75. The Morgan fingerprint density at radius 2 is 1.80 bits per heavy atom. The van der Waals surface area contributed by atoms with E-state index in [9.17, 15) is 4.79 Å². The molecule has 0 aromatic heterocycles. The van der Waals surface area contributed by atoms with Crippen LogP contribution in [0.15, 0.2) is 0 Å². The Kier molecular flexibility index (Phi) is 3.12. The number of ketones is 1. The molecule has 2 heteroatoms. The topological polar surface area (TPSA) is 17.1 Å². The summed E-state index contributed by atoms with van der Waals surface area (Å²) in [5, 5.41) is 0. The summed E-state index contributed by atoms with van der Waals surface area (Å²) >= 11 is 0. The van der Waals surface area contributed by atoms with E-state index in [-0.39, 0.29) is 52.8 Å². The molecule has 1 fully saturated rings. The summed E-state index contributed by atoms with van der Waals surface area (Å²) in [5.74, 6) is 0.417. The van der Waals surface area contributed by atoms with Crippen LogP contribution in [-0.4, -0.2) is 5.78 Å². The summed E-state index contributed by atoms with van der Waals surface area (Å²) in [6.45, 7) is 0. The van der Waals surface area contributed by atoms with Gasteiger partial charge < -0.3 is 1.43 Å². The first kappa shape index (κ1) is 6.31. The van der Waals surface area contributed by atoms with Gasteiger partial charge in [0.2, 0.25) is 0 Å². The molecule has 0 spiro atoms. The van der Waals surface area contributed by atoms with Crippen LogP contribution in [0.4, 0.5) is 0 Å². The molecule has 0 amide bonds. The maximum atomic E-state index is 9.56. The fourth-order valence-corrected chi connectivity index (χ4v) is 0.0510. The third kappa shape index (κ3) is 3.13. The Morgan fingerprint density at radius 1 is 1.60 bits per heavy atom. The van der Waals surface area contributed by atoms with Crippen molar-refractivity contribution in [2.45, 2.75) is 12.8 Å². The van der Waals surface area contributed by atoms with E-state index in [1.54, 1.807) is 0 Å². The first-order valence-corrected chi connectivity index (χ1v) is 1.41. The maximum absolute atomic E-state index is 9.56. The molecular weight excluding hydrogens is 91.1 g/mol. The van der Waals surface area contributed by atoms with Crippen LogP contribution in [0.5, 0.6) is 0 Å². The molecule has 0 aliphatic heterocycles. The molecule has 1 rings (SSSR count). The molecule has 1 saturated carbocycles. The summed E-state index contributed by atoms with van der Waals surface area (Å²) in [5.41, 5.74) is 0. The molecule has 0 unspecified atom stereocenters. The van der Waals surface area contributed by atoms with Gasteiger partial charge >= 0.3 is 51.4 Å². The van der Waals surface area contributed by atoms with E-state index < -0.39 is 0 Å². The van der Waals surface area contributed by atoms with Crippen molar-refractivity contribution in [3.63, 3.8) is 0 Å². The Labute approximate surface area is 75.0 Å². The van der Waals surface area contributed by atoms with Crippen molar-refractivity contribution >= 4 is 5.78 Å². The first-order valence-electron chi connectivity index (χ1n) is 1.41. The van der Waals surface area contributed by atoms with Gasteiger partial charge in [-0.15, -0.1) is 0 Å². The van der Waals surface area contributed by atoms with Crippen molar-refractivity contribution in [1.82, 2.24) is 0 Å². The largest absolute Gasteiger partial charge is 1.00 e. The van der Waals surface area contributed by atoms with Crippen molar-refractivity contribution in [3.05, 3.63) is 0 Å². The van der Waals surface area contributed by atoms with E-state index in [2.05, 4.69) is 0 Å². The summed E-state index contributed by atoms with van der Waals surface area (Å²) in [4.78, 5) is 9.56. The molecule has 0 bridgehead atoms. The van der Waals surface area contributed by atoms with Crippen LogP contribution in [0.3, 0.4) is 0 Å². The van der Waals surface area contributed by atoms with E-state index in [1.165, 1.54) is 0 Å². The fraction of sp³-hybridized carbons (Fsp3) is 0.667. The van der Waals surface area contributed by atoms with E-state index in [0.29, 0.717) is 5.78 Å². The van der Waals surface area contributed by atoms with Crippen molar-refractivity contribution in [2.75, 3.05) is 0 Å². The summed E-state index contributed by atoms with van der Waals surface area (Å²) in [6, 6.07) is 0. The molecule has 0 radical (unpaired) electrons. The van der Waals surface area contributed by atoms with Gasteiger partial charge in [-0.1, -0.05) is 0 Å². The predicted molar refractivity (Wildman–Crippen MR) is 15.4 cm³/mol. The SMILES string of the molecule is O=C1CC1.[H-].[K+]. The van der Waals surface area contributed by atoms with E-state index in [0.717, 1.165) is 12.8 Å². The van der Waals surface area contributed by atoms with Crippen LogP contribution < -0.4 is 51.4 Å². The molecule has 0 N–H and O–H groups in total.